The first kappa shape index (κ1) is 36.6. The summed E-state index contributed by atoms with van der Waals surface area (Å²) in [7, 11) is 6.86. The molecule has 3 aromatic carbocycles. The van der Waals surface area contributed by atoms with E-state index >= 15 is 0 Å². The summed E-state index contributed by atoms with van der Waals surface area (Å²) < 4.78 is 1.15. The molecule has 14 nitrogen and oxygen atoms in total. The van der Waals surface area contributed by atoms with Crippen LogP contribution in [-0.2, 0) is 14.4 Å². The molecule has 9 N–H and O–H groups in total. The van der Waals surface area contributed by atoms with Gasteiger partial charge in [-0.05, 0) is 72.9 Å². The molecule has 6 unspecified atom stereocenters. The summed E-state index contributed by atoms with van der Waals surface area (Å²) in [6.45, 7) is 1.62. The van der Waals surface area contributed by atoms with Crippen LogP contribution >= 0.6 is 11.3 Å². The van der Waals surface area contributed by atoms with Gasteiger partial charge in [0, 0.05) is 46.5 Å². The van der Waals surface area contributed by atoms with E-state index in [2.05, 4.69) is 34.9 Å². The fourth-order valence-electron chi connectivity index (χ4n) is 8.16. The number of carbonyl (C=O) groups excluding carboxylic acids is 4. The average molecular weight is 754 g/mol. The van der Waals surface area contributed by atoms with Crippen molar-refractivity contribution in [3.63, 3.8) is 0 Å². The first-order valence-electron chi connectivity index (χ1n) is 17.0. The van der Waals surface area contributed by atoms with Crippen molar-refractivity contribution < 1.29 is 44.7 Å². The van der Waals surface area contributed by atoms with Gasteiger partial charge in [0.15, 0.2) is 11.4 Å². The molecule has 0 radical (unpaired) electrons. The number of anilines is 3. The number of amides is 3. The molecule has 4 aromatic rings. The number of fused-ring (bicyclic) bond motifs is 4. The average Bonchev–Trinajstić information content (AvgIpc) is 3.54. The number of phenols is 1. The van der Waals surface area contributed by atoms with Crippen LogP contribution in [0, 0.1) is 11.8 Å². The molecular formula is C39H39N5O9S. The Morgan fingerprint density at radius 1 is 0.926 bits per heavy atom. The first-order chi connectivity index (χ1) is 25.5. The highest BCUT2D eigenvalue weighted by Crippen LogP contribution is 2.56. The van der Waals surface area contributed by atoms with Gasteiger partial charge in [-0.1, -0.05) is 31.2 Å². The molecule has 0 bridgehead atoms. The van der Waals surface area contributed by atoms with Crippen molar-refractivity contribution in [2.45, 2.75) is 30.6 Å². The Morgan fingerprint density at radius 3 is 2.24 bits per heavy atom. The predicted octanol–water partition coefficient (Wildman–Crippen LogP) is 4.09. The topological polar surface area (TPSA) is 226 Å². The minimum atomic E-state index is -3.03. The van der Waals surface area contributed by atoms with Gasteiger partial charge >= 0.3 is 6.03 Å². The Hall–Kier alpha value is -5.74. The number of nitrogens with zero attached hydrogens (tertiary/aromatic N) is 2. The molecule has 3 aliphatic carbocycles. The lowest BCUT2D eigenvalue weighted by atomic mass is 9.54. The normalized spacial score (nSPS) is 25.0. The molecule has 0 aliphatic heterocycles. The molecule has 1 heterocycles. The summed E-state index contributed by atoms with van der Waals surface area (Å²) in [5, 5.41) is 64.2. The van der Waals surface area contributed by atoms with Crippen molar-refractivity contribution in [2.75, 3.05) is 43.7 Å². The third kappa shape index (κ3) is 5.42. The van der Waals surface area contributed by atoms with E-state index in [9.17, 15) is 44.7 Å². The van der Waals surface area contributed by atoms with Crippen LogP contribution in [0.4, 0.5) is 21.9 Å². The molecule has 3 amide bonds. The molecule has 6 atom stereocenters. The molecule has 1 saturated carbocycles. The molecule has 3 aliphatic rings. The van der Waals surface area contributed by atoms with E-state index in [0.29, 0.717) is 11.3 Å². The summed E-state index contributed by atoms with van der Waals surface area (Å²) in [6, 6.07) is 16.4. The monoisotopic (exact) mass is 753 g/mol. The number of aliphatic hydroxyl groups excluding tert-OH is 3. The number of rotatable bonds is 6. The number of Topliss-reactive ketones (excluding diaryl/α,β-unsaturated/α-hetero) is 2. The lowest BCUT2D eigenvalue weighted by Gasteiger charge is -2.53. The van der Waals surface area contributed by atoms with Crippen molar-refractivity contribution >= 4 is 67.7 Å². The van der Waals surface area contributed by atoms with Crippen molar-refractivity contribution in [3.8, 4) is 16.2 Å². The third-order valence-electron chi connectivity index (χ3n) is 10.8. The van der Waals surface area contributed by atoms with Crippen LogP contribution in [0.3, 0.4) is 0 Å². The number of aromatic hydroxyl groups is 1. The second-order valence-electron chi connectivity index (χ2n) is 14.4. The van der Waals surface area contributed by atoms with E-state index in [1.54, 1.807) is 30.4 Å². The quantitative estimate of drug-likeness (QED) is 0.103. The number of aliphatic hydroxyl groups is 4. The number of nitrogens with two attached hydrogens (primary N) is 1. The first-order valence-corrected chi connectivity index (χ1v) is 17.9. The number of urea groups is 1. The Balaban J connectivity index is 1.17. The van der Waals surface area contributed by atoms with E-state index < -0.39 is 87.4 Å². The maximum absolute atomic E-state index is 14.2. The Morgan fingerprint density at radius 2 is 1.61 bits per heavy atom. The molecular weight excluding hydrogens is 715 g/mol. The van der Waals surface area contributed by atoms with Gasteiger partial charge in [0.25, 0.3) is 5.91 Å². The van der Waals surface area contributed by atoms with Gasteiger partial charge in [0.2, 0.25) is 5.78 Å². The third-order valence-corrected chi connectivity index (χ3v) is 12.0. The maximum atomic E-state index is 14.2. The standard InChI is InChI=1S/C39H39N5O9S/c1-16-21-12-13-22(42-38(52)41-19-9-6-17(7-10-19)23-14-18-8-11-20(43(2)3)15-24(18)54-23)31(45)26(21)32(46)27-25(16)33(47)29-30(44(4)5)34(48)28(37(40)51)36(50)39(29,53)35(27)49/h6-16,25,29-30,33,45-47,50,53H,1-5H3,(H2,40,51)(H2,41,42,52). The Labute approximate surface area is 313 Å². The SMILES string of the molecule is CC1c2ccc(NC(=O)Nc3ccc(-c4cc5ccc(N(C)C)cc5s4)cc3)c(O)c2C(O)=C2C(=O)C3(O)C(O)=C(C(N)=O)C(=O)C(N(C)C)C3C(O)C21. The van der Waals surface area contributed by atoms with Crippen LogP contribution in [-0.4, -0.2) is 99.9 Å². The number of likely N-dealkylation sites (N-methyl/N-ethyl adjacent to an activating group) is 1. The fourth-order valence-corrected chi connectivity index (χ4v) is 9.26. The zero-order chi connectivity index (χ0) is 39.1. The number of phenolic OH excluding ortho intramolecular Hbond substituents is 1. The number of ketones is 2. The van der Waals surface area contributed by atoms with Gasteiger partial charge in [-0.3, -0.25) is 19.3 Å². The van der Waals surface area contributed by atoms with Crippen LogP contribution in [0.5, 0.6) is 5.75 Å². The van der Waals surface area contributed by atoms with E-state index in [-0.39, 0.29) is 11.3 Å². The maximum Gasteiger partial charge on any atom is 0.323 e. The Bertz CT molecular complexity index is 2350. The van der Waals surface area contributed by atoms with Crippen LogP contribution in [0.25, 0.3) is 26.3 Å². The van der Waals surface area contributed by atoms with Crippen molar-refractivity contribution in [3.05, 3.63) is 88.7 Å². The summed E-state index contributed by atoms with van der Waals surface area (Å²) >= 11 is 1.66. The van der Waals surface area contributed by atoms with Crippen LogP contribution in [0.1, 0.15) is 24.0 Å². The number of carbonyl (C=O) groups is 4. The van der Waals surface area contributed by atoms with Crippen molar-refractivity contribution in [2.24, 2.45) is 17.6 Å². The molecule has 1 fully saturated rings. The van der Waals surface area contributed by atoms with Crippen molar-refractivity contribution in [1.29, 1.82) is 0 Å². The van der Waals surface area contributed by atoms with Crippen LogP contribution in [0.2, 0.25) is 0 Å². The summed E-state index contributed by atoms with van der Waals surface area (Å²) in [5.41, 5.74) is 3.28. The minimum absolute atomic E-state index is 0.127. The highest BCUT2D eigenvalue weighted by atomic mass is 32.1. The summed E-state index contributed by atoms with van der Waals surface area (Å²) in [4.78, 5) is 57.4. The predicted molar refractivity (Wildman–Crippen MR) is 205 cm³/mol. The number of primary amides is 1. The van der Waals surface area contributed by atoms with E-state index in [1.807, 2.05) is 31.1 Å². The van der Waals surface area contributed by atoms with Gasteiger partial charge in [0.1, 0.15) is 22.8 Å². The van der Waals surface area contributed by atoms with E-state index in [4.69, 9.17) is 5.73 Å². The van der Waals surface area contributed by atoms with Gasteiger partial charge in [0.05, 0.1) is 29.3 Å². The number of hydrogen-bond acceptors (Lipinski definition) is 12. The molecule has 280 valence electrons. The highest BCUT2D eigenvalue weighted by Gasteiger charge is 2.68. The smallest absolute Gasteiger partial charge is 0.323 e. The zero-order valence-electron chi connectivity index (χ0n) is 29.9. The van der Waals surface area contributed by atoms with Gasteiger partial charge < -0.3 is 46.8 Å². The lowest BCUT2D eigenvalue weighted by Crippen LogP contribution is -2.70. The second-order valence-corrected chi connectivity index (χ2v) is 15.4. The number of benzene rings is 3. The van der Waals surface area contributed by atoms with Crippen LogP contribution < -0.4 is 21.3 Å². The second kappa shape index (κ2) is 13.0. The number of hydrogen-bond donors (Lipinski definition) is 8. The molecule has 54 heavy (non-hydrogen) atoms. The lowest BCUT2D eigenvalue weighted by molar-refractivity contribution is -0.169. The van der Waals surface area contributed by atoms with Gasteiger partial charge in [-0.25, -0.2) is 4.79 Å². The summed E-state index contributed by atoms with van der Waals surface area (Å²) in [6.07, 6.45) is -1.71. The molecule has 0 saturated heterocycles. The minimum Gasteiger partial charge on any atom is -0.508 e. The molecule has 1 aromatic heterocycles. The molecule has 15 heteroatoms. The largest absolute Gasteiger partial charge is 0.508 e. The number of nitrogens with one attached hydrogen (secondary N) is 2. The fraction of sp³-hybridized carbons (Fsp3) is 0.282. The number of thiophene rings is 1. The molecule has 7 rings (SSSR count). The Kier molecular flexibility index (Phi) is 8.80. The van der Waals surface area contributed by atoms with Crippen molar-refractivity contribution in [1.82, 2.24) is 4.90 Å². The van der Waals surface area contributed by atoms with Gasteiger partial charge in [-0.2, -0.15) is 0 Å². The van der Waals surface area contributed by atoms with Gasteiger partial charge in [-0.15, -0.1) is 11.3 Å². The highest BCUT2D eigenvalue weighted by molar-refractivity contribution is 7.22. The van der Waals surface area contributed by atoms with Crippen LogP contribution in [0.15, 0.2) is 77.6 Å². The zero-order valence-corrected chi connectivity index (χ0v) is 30.7. The van der Waals surface area contributed by atoms with E-state index in [0.717, 1.165) is 26.2 Å². The summed E-state index contributed by atoms with van der Waals surface area (Å²) in [5.74, 6) is -10.0. The molecule has 0 spiro atoms. The van der Waals surface area contributed by atoms with E-state index in [1.165, 1.54) is 31.1 Å².